The molecule has 2 heterocycles. The molecule has 0 radical (unpaired) electrons. The fraction of sp³-hybridized carbons (Fsp3) is 0.379. The van der Waals surface area contributed by atoms with Crippen LogP contribution < -0.4 is 9.47 Å². The van der Waals surface area contributed by atoms with Crippen LogP contribution >= 0.6 is 11.3 Å². The number of para-hydroxylation sites is 1. The first-order valence-electron chi connectivity index (χ1n) is 12.5. The summed E-state index contributed by atoms with van der Waals surface area (Å²) in [7, 11) is 1.59. The molecule has 0 bridgehead atoms. The third kappa shape index (κ3) is 5.41. The fourth-order valence-electron chi connectivity index (χ4n) is 4.79. The van der Waals surface area contributed by atoms with Crippen molar-refractivity contribution < 1.29 is 19.1 Å². The molecule has 1 saturated carbocycles. The molecule has 2 aromatic carbocycles. The largest absolute Gasteiger partial charge is 0.497 e. The van der Waals surface area contributed by atoms with Crippen molar-refractivity contribution in [2.24, 2.45) is 5.92 Å². The zero-order valence-corrected chi connectivity index (χ0v) is 21.6. The van der Waals surface area contributed by atoms with Gasteiger partial charge in [0.25, 0.3) is 5.91 Å². The minimum Gasteiger partial charge on any atom is -0.497 e. The van der Waals surface area contributed by atoms with Crippen molar-refractivity contribution in [3.05, 3.63) is 81.5 Å². The zero-order valence-electron chi connectivity index (χ0n) is 20.8. The van der Waals surface area contributed by atoms with Gasteiger partial charge < -0.3 is 19.3 Å². The molecule has 5 rings (SSSR count). The average molecular weight is 505 g/mol. The van der Waals surface area contributed by atoms with Crippen LogP contribution in [0, 0.1) is 12.8 Å². The van der Waals surface area contributed by atoms with Gasteiger partial charge in [-0.3, -0.25) is 9.59 Å². The van der Waals surface area contributed by atoms with Crippen LogP contribution in [0.25, 0.3) is 0 Å². The van der Waals surface area contributed by atoms with Crippen molar-refractivity contribution >= 4 is 23.2 Å². The van der Waals surface area contributed by atoms with Gasteiger partial charge in [-0.2, -0.15) is 0 Å². The number of hydrogen-bond acceptors (Lipinski definition) is 5. The van der Waals surface area contributed by atoms with E-state index < -0.39 is 0 Å². The van der Waals surface area contributed by atoms with Gasteiger partial charge in [-0.1, -0.05) is 24.3 Å². The summed E-state index contributed by atoms with van der Waals surface area (Å²) in [5.41, 5.74) is 2.76. The summed E-state index contributed by atoms with van der Waals surface area (Å²) < 4.78 is 11.5. The monoisotopic (exact) mass is 504 g/mol. The third-order valence-corrected chi connectivity index (χ3v) is 8.01. The van der Waals surface area contributed by atoms with Gasteiger partial charge in [0.2, 0.25) is 5.91 Å². The SMILES string of the molecule is COc1cccc(C(=O)N(CC(=O)N2CCc3sccc3C2COc2ccccc2C)CC2CC2)c1. The molecule has 0 spiro atoms. The number of rotatable bonds is 9. The Bertz CT molecular complexity index is 1240. The Hall–Kier alpha value is -3.32. The van der Waals surface area contributed by atoms with Crippen LogP contribution in [0.2, 0.25) is 0 Å². The molecule has 7 heteroatoms. The molecule has 188 valence electrons. The van der Waals surface area contributed by atoms with E-state index in [4.69, 9.17) is 9.47 Å². The van der Waals surface area contributed by atoms with Gasteiger partial charge in [0.1, 0.15) is 24.7 Å². The number of carbonyl (C=O) groups is 2. The van der Waals surface area contributed by atoms with Crippen molar-refractivity contribution in [3.63, 3.8) is 0 Å². The maximum atomic E-state index is 13.7. The minimum atomic E-state index is -0.179. The molecule has 3 aromatic rings. The summed E-state index contributed by atoms with van der Waals surface area (Å²) in [5, 5.41) is 2.09. The van der Waals surface area contributed by atoms with Crippen LogP contribution in [0.4, 0.5) is 0 Å². The lowest BCUT2D eigenvalue weighted by Crippen LogP contribution is -2.48. The van der Waals surface area contributed by atoms with Gasteiger partial charge in [-0.05, 0) is 78.9 Å². The number of carbonyl (C=O) groups excluding carboxylic acids is 2. The van der Waals surface area contributed by atoms with Gasteiger partial charge in [0, 0.05) is 23.5 Å². The van der Waals surface area contributed by atoms with Crippen LogP contribution in [0.1, 0.15) is 45.2 Å². The van der Waals surface area contributed by atoms with E-state index in [2.05, 4.69) is 11.4 Å². The molecule has 36 heavy (non-hydrogen) atoms. The summed E-state index contributed by atoms with van der Waals surface area (Å²) in [6, 6.07) is 17.0. The molecule has 0 N–H and O–H groups in total. The van der Waals surface area contributed by atoms with E-state index >= 15 is 0 Å². The smallest absolute Gasteiger partial charge is 0.254 e. The summed E-state index contributed by atoms with van der Waals surface area (Å²) in [6.45, 7) is 3.69. The fourth-order valence-corrected chi connectivity index (χ4v) is 5.71. The van der Waals surface area contributed by atoms with Gasteiger partial charge in [-0.15, -0.1) is 11.3 Å². The molecule has 1 aliphatic carbocycles. The predicted molar refractivity (Wildman–Crippen MR) is 141 cm³/mol. The van der Waals surface area contributed by atoms with Crippen LogP contribution in [0.5, 0.6) is 11.5 Å². The van der Waals surface area contributed by atoms with Crippen LogP contribution in [-0.2, 0) is 11.2 Å². The summed E-state index contributed by atoms with van der Waals surface area (Å²) in [4.78, 5) is 32.1. The second-order valence-electron chi connectivity index (χ2n) is 9.59. The number of methoxy groups -OCH3 is 1. The molecule has 1 unspecified atom stereocenters. The maximum Gasteiger partial charge on any atom is 0.254 e. The molecule has 2 aliphatic rings. The highest BCUT2D eigenvalue weighted by Crippen LogP contribution is 2.35. The van der Waals surface area contributed by atoms with E-state index in [0.29, 0.717) is 36.9 Å². The van der Waals surface area contributed by atoms with E-state index in [1.807, 2.05) is 48.2 Å². The molecular weight excluding hydrogens is 472 g/mol. The molecule has 2 amide bonds. The highest BCUT2D eigenvalue weighted by Gasteiger charge is 2.35. The minimum absolute atomic E-state index is 0.0397. The summed E-state index contributed by atoms with van der Waals surface area (Å²) in [6.07, 6.45) is 3.03. The van der Waals surface area contributed by atoms with Crippen molar-refractivity contribution in [1.82, 2.24) is 9.80 Å². The van der Waals surface area contributed by atoms with Crippen molar-refractivity contribution in [2.75, 3.05) is 33.4 Å². The van der Waals surface area contributed by atoms with Gasteiger partial charge >= 0.3 is 0 Å². The second kappa shape index (κ2) is 10.7. The first-order valence-corrected chi connectivity index (χ1v) is 13.4. The van der Waals surface area contributed by atoms with E-state index in [1.165, 1.54) is 4.88 Å². The number of amides is 2. The molecule has 1 fully saturated rings. The molecule has 1 aliphatic heterocycles. The Balaban J connectivity index is 1.35. The first-order chi connectivity index (χ1) is 17.5. The van der Waals surface area contributed by atoms with Crippen molar-refractivity contribution in [3.8, 4) is 11.5 Å². The Morgan fingerprint density at radius 1 is 1.11 bits per heavy atom. The van der Waals surface area contributed by atoms with Gasteiger partial charge in [0.15, 0.2) is 0 Å². The molecular formula is C29H32N2O4S. The molecule has 6 nitrogen and oxygen atoms in total. The number of ether oxygens (including phenoxy) is 2. The van der Waals surface area contributed by atoms with Crippen LogP contribution in [0.15, 0.2) is 60.0 Å². The molecule has 1 aromatic heterocycles. The Morgan fingerprint density at radius 3 is 2.72 bits per heavy atom. The highest BCUT2D eigenvalue weighted by molar-refractivity contribution is 7.10. The number of benzene rings is 2. The van der Waals surface area contributed by atoms with E-state index in [9.17, 15) is 9.59 Å². The number of thiophene rings is 1. The number of aryl methyl sites for hydroxylation is 1. The third-order valence-electron chi connectivity index (χ3n) is 7.01. The lowest BCUT2D eigenvalue weighted by molar-refractivity contribution is -0.135. The van der Waals surface area contributed by atoms with Gasteiger partial charge in [0.05, 0.1) is 13.2 Å². The van der Waals surface area contributed by atoms with Crippen molar-refractivity contribution in [1.29, 1.82) is 0 Å². The normalized spacial score (nSPS) is 16.8. The Morgan fingerprint density at radius 2 is 1.94 bits per heavy atom. The number of fused-ring (bicyclic) bond motifs is 1. The average Bonchev–Trinajstić information content (AvgIpc) is 3.59. The predicted octanol–water partition coefficient (Wildman–Crippen LogP) is 5.12. The lowest BCUT2D eigenvalue weighted by Gasteiger charge is -2.37. The molecule has 0 saturated heterocycles. The quantitative estimate of drug-likeness (QED) is 0.406. The topological polar surface area (TPSA) is 59.1 Å². The lowest BCUT2D eigenvalue weighted by atomic mass is 10.00. The number of hydrogen-bond donors (Lipinski definition) is 0. The highest BCUT2D eigenvalue weighted by atomic mass is 32.1. The van der Waals surface area contributed by atoms with Crippen molar-refractivity contribution in [2.45, 2.75) is 32.2 Å². The maximum absolute atomic E-state index is 13.7. The molecule has 1 atom stereocenters. The van der Waals surface area contributed by atoms with Crippen LogP contribution in [0.3, 0.4) is 0 Å². The second-order valence-corrected chi connectivity index (χ2v) is 10.6. The summed E-state index contributed by atoms with van der Waals surface area (Å²) in [5.74, 6) is 1.76. The van der Waals surface area contributed by atoms with E-state index in [-0.39, 0.29) is 24.4 Å². The number of nitrogens with zero attached hydrogens (tertiary/aromatic N) is 2. The first kappa shape index (κ1) is 24.4. The van der Waals surface area contributed by atoms with Crippen LogP contribution in [-0.4, -0.2) is 55.0 Å². The standard InChI is InChI=1S/C29H32N2O4S/c1-20-6-3-4-9-26(20)35-19-25-24-13-15-36-27(24)12-14-31(25)28(32)18-30(17-21-10-11-21)29(33)22-7-5-8-23(16-22)34-2/h3-9,13,15-16,21,25H,10-12,14,17-19H2,1-2H3. The van der Waals surface area contributed by atoms with E-state index in [1.54, 1.807) is 35.5 Å². The Labute approximate surface area is 216 Å². The summed E-state index contributed by atoms with van der Waals surface area (Å²) >= 11 is 1.73. The van der Waals surface area contributed by atoms with Gasteiger partial charge in [-0.25, -0.2) is 0 Å². The Kier molecular flexibility index (Phi) is 7.28. The zero-order chi connectivity index (χ0) is 25.1. The van der Waals surface area contributed by atoms with E-state index in [0.717, 1.165) is 36.1 Å².